The van der Waals surface area contributed by atoms with E-state index in [2.05, 4.69) is 22.5 Å². The predicted molar refractivity (Wildman–Crippen MR) is 104 cm³/mol. The molecule has 2 aliphatic heterocycles. The molecule has 1 fully saturated rings. The zero-order chi connectivity index (χ0) is 19.4. The van der Waals surface area contributed by atoms with Crippen molar-refractivity contribution in [3.63, 3.8) is 0 Å². The number of likely N-dealkylation sites (tertiary alicyclic amines) is 1. The van der Waals surface area contributed by atoms with Crippen molar-refractivity contribution < 1.29 is 14.3 Å². The highest BCUT2D eigenvalue weighted by Gasteiger charge is 2.35. The molecule has 1 aromatic carbocycles. The summed E-state index contributed by atoms with van der Waals surface area (Å²) in [4.78, 5) is 27.5. The minimum Gasteiger partial charge on any atom is -0.463 e. The highest BCUT2D eigenvalue weighted by molar-refractivity contribution is 5.95. The van der Waals surface area contributed by atoms with E-state index in [0.717, 1.165) is 30.5 Å². The van der Waals surface area contributed by atoms with Crippen molar-refractivity contribution in [1.82, 2.24) is 15.5 Å². The Morgan fingerprint density at radius 3 is 2.67 bits per heavy atom. The molecule has 0 bridgehead atoms. The molecule has 2 N–H and O–H groups in total. The summed E-state index contributed by atoms with van der Waals surface area (Å²) in [7, 11) is 0. The van der Waals surface area contributed by atoms with Crippen LogP contribution in [0.2, 0.25) is 0 Å². The number of urea groups is 1. The molecule has 27 heavy (non-hydrogen) atoms. The molecular formula is C21H29N3O3. The molecule has 2 aliphatic rings. The Hall–Kier alpha value is -2.34. The molecule has 2 amide bonds. The average Bonchev–Trinajstić information content (AvgIpc) is 2.64. The van der Waals surface area contributed by atoms with Crippen LogP contribution in [0.1, 0.15) is 50.3 Å². The lowest BCUT2D eigenvalue weighted by atomic mass is 9.93. The molecule has 1 aromatic rings. The van der Waals surface area contributed by atoms with E-state index in [1.54, 1.807) is 6.92 Å². The monoisotopic (exact) mass is 371 g/mol. The van der Waals surface area contributed by atoms with E-state index in [4.69, 9.17) is 4.74 Å². The number of benzene rings is 1. The van der Waals surface area contributed by atoms with Gasteiger partial charge in [-0.1, -0.05) is 36.2 Å². The first-order valence-electron chi connectivity index (χ1n) is 9.78. The van der Waals surface area contributed by atoms with Crippen LogP contribution in [0.15, 0.2) is 35.5 Å². The van der Waals surface area contributed by atoms with Crippen LogP contribution in [0, 0.1) is 6.92 Å². The number of carbonyl (C=O) groups is 2. The van der Waals surface area contributed by atoms with E-state index >= 15 is 0 Å². The third-order valence-corrected chi connectivity index (χ3v) is 5.36. The van der Waals surface area contributed by atoms with E-state index in [-0.39, 0.29) is 12.0 Å². The lowest BCUT2D eigenvalue weighted by molar-refractivity contribution is -0.139. The fourth-order valence-electron chi connectivity index (χ4n) is 3.80. The molecule has 0 saturated carbocycles. The Labute approximate surface area is 161 Å². The average molecular weight is 371 g/mol. The summed E-state index contributed by atoms with van der Waals surface area (Å²) in [5.74, 6) is -0.379. The maximum atomic E-state index is 12.8. The summed E-state index contributed by atoms with van der Waals surface area (Å²) >= 11 is 0. The zero-order valence-electron chi connectivity index (χ0n) is 16.4. The number of carbonyl (C=O) groups excluding carboxylic acids is 2. The number of amides is 2. The van der Waals surface area contributed by atoms with Crippen molar-refractivity contribution in [3.8, 4) is 0 Å². The number of hydrogen-bond donors (Lipinski definition) is 2. The van der Waals surface area contributed by atoms with Crippen molar-refractivity contribution in [1.29, 1.82) is 0 Å². The van der Waals surface area contributed by atoms with Gasteiger partial charge in [0.05, 0.1) is 18.2 Å². The minimum absolute atomic E-state index is 0.284. The van der Waals surface area contributed by atoms with Crippen LogP contribution >= 0.6 is 0 Å². The van der Waals surface area contributed by atoms with Gasteiger partial charge in [0.2, 0.25) is 0 Å². The van der Waals surface area contributed by atoms with Crippen molar-refractivity contribution in [2.75, 3.05) is 19.7 Å². The normalized spacial score (nSPS) is 23.6. The van der Waals surface area contributed by atoms with E-state index in [1.165, 1.54) is 6.42 Å². The van der Waals surface area contributed by atoms with Gasteiger partial charge in [0.15, 0.2) is 0 Å². The molecule has 1 saturated heterocycles. The quantitative estimate of drug-likeness (QED) is 0.781. The fourth-order valence-corrected chi connectivity index (χ4v) is 3.80. The van der Waals surface area contributed by atoms with Crippen LogP contribution in [0.3, 0.4) is 0 Å². The molecule has 0 aliphatic carbocycles. The summed E-state index contributed by atoms with van der Waals surface area (Å²) < 4.78 is 5.33. The second-order valence-corrected chi connectivity index (χ2v) is 7.37. The van der Waals surface area contributed by atoms with Gasteiger partial charge in [-0.2, -0.15) is 0 Å². The van der Waals surface area contributed by atoms with Crippen molar-refractivity contribution in [3.05, 3.63) is 46.7 Å². The molecule has 6 heteroatoms. The van der Waals surface area contributed by atoms with Crippen LogP contribution < -0.4 is 10.6 Å². The lowest BCUT2D eigenvalue weighted by Crippen LogP contribution is -2.50. The molecule has 0 spiro atoms. The number of piperidine rings is 1. The van der Waals surface area contributed by atoms with Gasteiger partial charge in [0.25, 0.3) is 0 Å². The second-order valence-electron chi connectivity index (χ2n) is 7.37. The number of aryl methyl sites for hydroxylation is 1. The number of ether oxygens (including phenoxy) is 1. The molecule has 146 valence electrons. The first-order chi connectivity index (χ1) is 13.0. The number of hydrogen-bond acceptors (Lipinski definition) is 4. The Morgan fingerprint density at radius 1 is 1.26 bits per heavy atom. The van der Waals surface area contributed by atoms with Gasteiger partial charge in [-0.25, -0.2) is 9.59 Å². The summed E-state index contributed by atoms with van der Waals surface area (Å²) in [6.45, 7) is 7.81. The van der Waals surface area contributed by atoms with Gasteiger partial charge >= 0.3 is 12.0 Å². The van der Waals surface area contributed by atoms with Gasteiger partial charge < -0.3 is 15.4 Å². The maximum Gasteiger partial charge on any atom is 0.338 e. The Morgan fingerprint density at radius 2 is 2.00 bits per heavy atom. The zero-order valence-corrected chi connectivity index (χ0v) is 16.4. The van der Waals surface area contributed by atoms with Crippen LogP contribution in [0.4, 0.5) is 4.79 Å². The number of esters is 1. The molecular weight excluding hydrogens is 342 g/mol. The predicted octanol–water partition coefficient (Wildman–Crippen LogP) is 3.04. The topological polar surface area (TPSA) is 70.7 Å². The van der Waals surface area contributed by atoms with Gasteiger partial charge in [0.1, 0.15) is 0 Å². The first-order valence-corrected chi connectivity index (χ1v) is 9.78. The Kier molecular flexibility index (Phi) is 6.16. The number of rotatable bonds is 5. The Bertz CT molecular complexity index is 727. The highest BCUT2D eigenvalue weighted by Crippen LogP contribution is 2.29. The van der Waals surface area contributed by atoms with E-state index in [9.17, 15) is 9.59 Å². The number of nitrogens with zero attached hydrogens (tertiary/aromatic N) is 1. The molecule has 0 unspecified atom stereocenters. The van der Waals surface area contributed by atoms with Crippen LogP contribution in [0.25, 0.3) is 0 Å². The highest BCUT2D eigenvalue weighted by atomic mass is 16.5. The minimum atomic E-state index is -0.506. The molecule has 0 aromatic heterocycles. The van der Waals surface area contributed by atoms with Gasteiger partial charge in [-0.05, 0) is 45.7 Å². The largest absolute Gasteiger partial charge is 0.463 e. The summed E-state index contributed by atoms with van der Waals surface area (Å²) in [5.41, 5.74) is 3.15. The summed E-state index contributed by atoms with van der Waals surface area (Å²) in [6, 6.07) is 7.51. The van der Waals surface area contributed by atoms with Crippen LogP contribution in [-0.2, 0) is 9.53 Å². The van der Waals surface area contributed by atoms with Crippen LogP contribution in [-0.4, -0.2) is 42.6 Å². The lowest BCUT2D eigenvalue weighted by Gasteiger charge is -2.36. The standard InChI is InChI=1S/C21H29N3O3/c1-4-27-20(25)18-17(13-24-12-6-5-7-15(24)3)22-21(26)23-19(18)16-10-8-14(2)9-11-16/h8-11,15,19H,4-7,12-13H2,1-3H3,(H2,22,23,26)/t15-,19-/m0/s1. The summed E-state index contributed by atoms with van der Waals surface area (Å²) in [6.07, 6.45) is 3.50. The van der Waals surface area contributed by atoms with Crippen molar-refractivity contribution in [2.45, 2.75) is 52.1 Å². The first kappa shape index (κ1) is 19.4. The van der Waals surface area contributed by atoms with Gasteiger partial charge in [0, 0.05) is 18.3 Å². The third kappa shape index (κ3) is 4.50. The second kappa shape index (κ2) is 8.57. The van der Waals surface area contributed by atoms with E-state index in [0.29, 0.717) is 30.5 Å². The third-order valence-electron chi connectivity index (χ3n) is 5.36. The van der Waals surface area contributed by atoms with Crippen molar-refractivity contribution >= 4 is 12.0 Å². The maximum absolute atomic E-state index is 12.8. The summed E-state index contributed by atoms with van der Waals surface area (Å²) in [5, 5.41) is 5.76. The smallest absolute Gasteiger partial charge is 0.338 e. The van der Waals surface area contributed by atoms with Crippen molar-refractivity contribution in [2.24, 2.45) is 0 Å². The molecule has 6 nitrogen and oxygen atoms in total. The van der Waals surface area contributed by atoms with E-state index in [1.807, 2.05) is 31.2 Å². The molecule has 3 rings (SSSR count). The van der Waals surface area contributed by atoms with Gasteiger partial charge in [-0.15, -0.1) is 0 Å². The van der Waals surface area contributed by atoms with E-state index < -0.39 is 6.04 Å². The number of nitrogens with one attached hydrogen (secondary N) is 2. The van der Waals surface area contributed by atoms with Gasteiger partial charge in [-0.3, -0.25) is 4.90 Å². The molecule has 2 heterocycles. The SMILES string of the molecule is CCOC(=O)C1=C(CN2CCCC[C@@H]2C)NC(=O)N[C@H]1c1ccc(C)cc1. The van der Waals surface area contributed by atoms with Crippen LogP contribution in [0.5, 0.6) is 0 Å². The fraction of sp³-hybridized carbons (Fsp3) is 0.524. The Balaban J connectivity index is 1.98. The molecule has 0 radical (unpaired) electrons. The molecule has 2 atom stereocenters.